The first kappa shape index (κ1) is 27.0. The van der Waals surface area contributed by atoms with E-state index in [0.29, 0.717) is 54.6 Å². The van der Waals surface area contributed by atoms with E-state index in [2.05, 4.69) is 6.58 Å². The van der Waals surface area contributed by atoms with Crippen LogP contribution in [0.2, 0.25) is 0 Å². The van der Waals surface area contributed by atoms with Crippen LogP contribution in [0.15, 0.2) is 54.0 Å². The van der Waals surface area contributed by atoms with Gasteiger partial charge < -0.3 is 19.3 Å². The minimum absolute atomic E-state index is 0.202. The lowest BCUT2D eigenvalue weighted by Gasteiger charge is -2.17. The second-order valence-electron chi connectivity index (χ2n) is 7.90. The van der Waals surface area contributed by atoms with E-state index in [0.717, 1.165) is 22.9 Å². The zero-order chi connectivity index (χ0) is 26.1. The highest BCUT2D eigenvalue weighted by molar-refractivity contribution is 8.18. The van der Waals surface area contributed by atoms with Gasteiger partial charge in [-0.2, -0.15) is 0 Å². The van der Waals surface area contributed by atoms with Gasteiger partial charge in [-0.3, -0.25) is 14.5 Å². The largest absolute Gasteiger partial charge is 0.490 e. The molecule has 1 N–H and O–H groups in total. The van der Waals surface area contributed by atoms with Crippen LogP contribution in [0.1, 0.15) is 40.4 Å². The number of imide groups is 1. The number of nitrogens with zero attached hydrogens (tertiary/aromatic N) is 1. The number of allylic oxidation sites excluding steroid dienone is 1. The highest BCUT2D eigenvalue weighted by Gasteiger charge is 2.34. The third-order valence-electron chi connectivity index (χ3n) is 5.30. The first-order chi connectivity index (χ1) is 17.4. The number of benzene rings is 2. The summed E-state index contributed by atoms with van der Waals surface area (Å²) in [5.74, 6) is -0.263. The molecule has 2 aromatic carbocycles. The SMILES string of the molecule is C=CCc1cc(/C=C2/SC(=O)N(CCCOC)C2=O)cc(OCC)c1OCc1ccc(C(=O)O)cc1. The molecule has 3 rings (SSSR count). The van der Waals surface area contributed by atoms with Gasteiger partial charge in [-0.1, -0.05) is 18.2 Å². The van der Waals surface area contributed by atoms with Gasteiger partial charge in [0.1, 0.15) is 6.61 Å². The van der Waals surface area contributed by atoms with Crippen LogP contribution in [0.4, 0.5) is 4.79 Å². The Morgan fingerprint density at radius 3 is 2.56 bits per heavy atom. The standard InChI is InChI=1S/C27H29NO7S/c1-4-7-21-14-19(16-23-25(29)28(27(32)36-23)12-6-13-33-3)15-22(34-5-2)24(21)35-17-18-8-10-20(11-9-18)26(30)31/h4,8-11,14-16H,1,5-7,12-13,17H2,2-3H3,(H,30,31)/b23-16+. The number of carboxylic acid groups (broad SMARTS) is 1. The summed E-state index contributed by atoms with van der Waals surface area (Å²) in [7, 11) is 1.58. The smallest absolute Gasteiger partial charge is 0.335 e. The summed E-state index contributed by atoms with van der Waals surface area (Å²) in [4.78, 5) is 37.8. The predicted octanol–water partition coefficient (Wildman–Crippen LogP) is 5.16. The van der Waals surface area contributed by atoms with Crippen LogP contribution in [-0.4, -0.2) is 54.0 Å². The third kappa shape index (κ3) is 6.77. The summed E-state index contributed by atoms with van der Waals surface area (Å²) in [6.45, 7) is 7.08. The number of carbonyl (C=O) groups is 3. The van der Waals surface area contributed by atoms with Crippen LogP contribution in [0.25, 0.3) is 6.08 Å². The maximum absolute atomic E-state index is 12.8. The molecular formula is C27H29NO7S. The normalized spacial score (nSPS) is 14.4. The zero-order valence-electron chi connectivity index (χ0n) is 20.3. The van der Waals surface area contributed by atoms with Crippen LogP contribution in [0.5, 0.6) is 11.5 Å². The molecule has 1 fully saturated rings. The van der Waals surface area contributed by atoms with E-state index in [1.807, 2.05) is 13.0 Å². The molecule has 0 aromatic heterocycles. The summed E-state index contributed by atoms with van der Waals surface area (Å²) >= 11 is 0.912. The number of methoxy groups -OCH3 is 1. The molecule has 0 unspecified atom stereocenters. The number of hydrogen-bond donors (Lipinski definition) is 1. The molecule has 0 saturated carbocycles. The summed E-state index contributed by atoms with van der Waals surface area (Å²) < 4.78 is 17.0. The van der Waals surface area contributed by atoms with Gasteiger partial charge in [0, 0.05) is 25.8 Å². The molecule has 2 amide bonds. The molecule has 1 aliphatic rings. The van der Waals surface area contributed by atoms with E-state index in [1.165, 1.54) is 17.0 Å². The quantitative estimate of drug-likeness (QED) is 0.223. The third-order valence-corrected chi connectivity index (χ3v) is 6.21. The Morgan fingerprint density at radius 1 is 1.17 bits per heavy atom. The second-order valence-corrected chi connectivity index (χ2v) is 8.90. The van der Waals surface area contributed by atoms with Crippen molar-refractivity contribution in [3.05, 3.63) is 76.2 Å². The van der Waals surface area contributed by atoms with Gasteiger partial charge in [0.15, 0.2) is 11.5 Å². The van der Waals surface area contributed by atoms with E-state index in [9.17, 15) is 14.4 Å². The number of rotatable bonds is 13. The van der Waals surface area contributed by atoms with Crippen molar-refractivity contribution in [1.82, 2.24) is 4.90 Å². The average molecular weight is 512 g/mol. The first-order valence-corrected chi connectivity index (χ1v) is 12.3. The number of carboxylic acids is 1. The fourth-order valence-electron chi connectivity index (χ4n) is 3.61. The number of thioether (sulfide) groups is 1. The Hall–Kier alpha value is -3.56. The van der Waals surface area contributed by atoms with Crippen LogP contribution in [0, 0.1) is 0 Å². The first-order valence-electron chi connectivity index (χ1n) is 11.5. The molecule has 0 spiro atoms. The van der Waals surface area contributed by atoms with E-state index < -0.39 is 5.97 Å². The van der Waals surface area contributed by atoms with Crippen molar-refractivity contribution in [1.29, 1.82) is 0 Å². The molecule has 9 heteroatoms. The average Bonchev–Trinajstić information content (AvgIpc) is 3.11. The zero-order valence-corrected chi connectivity index (χ0v) is 21.1. The number of carbonyl (C=O) groups excluding carboxylic acids is 2. The summed E-state index contributed by atoms with van der Waals surface area (Å²) in [5.41, 5.74) is 2.52. The number of hydrogen-bond acceptors (Lipinski definition) is 7. The van der Waals surface area contributed by atoms with Gasteiger partial charge in [-0.05, 0) is 73.0 Å². The fourth-order valence-corrected chi connectivity index (χ4v) is 4.48. The van der Waals surface area contributed by atoms with Crippen LogP contribution < -0.4 is 9.47 Å². The summed E-state index contributed by atoms with van der Waals surface area (Å²) in [6, 6.07) is 10.1. The van der Waals surface area contributed by atoms with Crippen molar-refractivity contribution in [2.75, 3.05) is 26.9 Å². The molecule has 0 aliphatic carbocycles. The molecule has 0 bridgehead atoms. The lowest BCUT2D eigenvalue weighted by atomic mass is 10.0. The fraction of sp³-hybridized carbons (Fsp3) is 0.296. The predicted molar refractivity (Wildman–Crippen MR) is 138 cm³/mol. The Labute approximate surface area is 214 Å². The molecule has 190 valence electrons. The maximum atomic E-state index is 12.8. The highest BCUT2D eigenvalue weighted by atomic mass is 32.2. The van der Waals surface area contributed by atoms with E-state index in [-0.39, 0.29) is 23.3 Å². The van der Waals surface area contributed by atoms with Crippen molar-refractivity contribution < 1.29 is 33.7 Å². The van der Waals surface area contributed by atoms with Gasteiger partial charge in [0.25, 0.3) is 11.1 Å². The minimum Gasteiger partial charge on any atom is -0.490 e. The van der Waals surface area contributed by atoms with Crippen LogP contribution in [0.3, 0.4) is 0 Å². The second kappa shape index (κ2) is 12.9. The highest BCUT2D eigenvalue weighted by Crippen LogP contribution is 2.37. The van der Waals surface area contributed by atoms with Gasteiger partial charge >= 0.3 is 5.97 Å². The van der Waals surface area contributed by atoms with Gasteiger partial charge in [-0.15, -0.1) is 6.58 Å². The maximum Gasteiger partial charge on any atom is 0.335 e. The van der Waals surface area contributed by atoms with Crippen molar-refractivity contribution in [2.45, 2.75) is 26.4 Å². The molecular weight excluding hydrogens is 482 g/mol. The molecule has 36 heavy (non-hydrogen) atoms. The number of aromatic carboxylic acids is 1. The Kier molecular flexibility index (Phi) is 9.72. The molecule has 0 atom stereocenters. The summed E-state index contributed by atoms with van der Waals surface area (Å²) in [5, 5.41) is 8.79. The molecule has 1 heterocycles. The number of amides is 2. The van der Waals surface area contributed by atoms with Crippen molar-refractivity contribution in [2.24, 2.45) is 0 Å². The molecule has 2 aromatic rings. The van der Waals surface area contributed by atoms with E-state index in [1.54, 1.807) is 37.5 Å². The van der Waals surface area contributed by atoms with E-state index >= 15 is 0 Å². The van der Waals surface area contributed by atoms with Crippen molar-refractivity contribution >= 4 is 35.0 Å². The molecule has 1 aliphatic heterocycles. The van der Waals surface area contributed by atoms with Crippen molar-refractivity contribution in [3.63, 3.8) is 0 Å². The Balaban J connectivity index is 1.87. The summed E-state index contributed by atoms with van der Waals surface area (Å²) in [6.07, 6.45) is 4.50. The van der Waals surface area contributed by atoms with Crippen LogP contribution >= 0.6 is 11.8 Å². The van der Waals surface area contributed by atoms with E-state index in [4.69, 9.17) is 19.3 Å². The van der Waals surface area contributed by atoms with Gasteiger partial charge in [-0.25, -0.2) is 4.79 Å². The lowest BCUT2D eigenvalue weighted by Crippen LogP contribution is -2.29. The Bertz CT molecular complexity index is 1160. The van der Waals surface area contributed by atoms with Gasteiger partial charge in [0.05, 0.1) is 17.1 Å². The molecule has 8 nitrogen and oxygen atoms in total. The molecule has 0 radical (unpaired) electrons. The van der Waals surface area contributed by atoms with Crippen LogP contribution in [-0.2, 0) is 22.6 Å². The number of ether oxygens (including phenoxy) is 3. The van der Waals surface area contributed by atoms with Crippen molar-refractivity contribution in [3.8, 4) is 11.5 Å². The lowest BCUT2D eigenvalue weighted by molar-refractivity contribution is -0.122. The molecule has 1 saturated heterocycles. The topological polar surface area (TPSA) is 102 Å². The minimum atomic E-state index is -0.988. The van der Waals surface area contributed by atoms with Gasteiger partial charge in [0.2, 0.25) is 0 Å². The monoisotopic (exact) mass is 511 g/mol. The Morgan fingerprint density at radius 2 is 1.92 bits per heavy atom.